The third kappa shape index (κ3) is 2.38. The fourth-order valence-corrected chi connectivity index (χ4v) is 3.00. The zero-order chi connectivity index (χ0) is 14.2. The summed E-state index contributed by atoms with van der Waals surface area (Å²) < 4.78 is 16.8. The molecule has 2 aliphatic rings. The van der Waals surface area contributed by atoms with Gasteiger partial charge in [-0.05, 0) is 37.5 Å². The van der Waals surface area contributed by atoms with Crippen molar-refractivity contribution in [3.63, 3.8) is 0 Å². The van der Waals surface area contributed by atoms with Crippen molar-refractivity contribution in [2.24, 2.45) is 5.73 Å². The Bertz CT molecular complexity index is 477. The van der Waals surface area contributed by atoms with Crippen molar-refractivity contribution in [2.75, 3.05) is 20.3 Å². The molecule has 2 atom stereocenters. The highest BCUT2D eigenvalue weighted by atomic mass is 16.6. The van der Waals surface area contributed by atoms with Gasteiger partial charge >= 0.3 is 0 Å². The molecule has 4 nitrogen and oxygen atoms in total. The molecule has 1 heterocycles. The maximum atomic E-state index is 6.14. The molecule has 1 aliphatic carbocycles. The molecule has 20 heavy (non-hydrogen) atoms. The van der Waals surface area contributed by atoms with Crippen LogP contribution in [0.4, 0.5) is 0 Å². The van der Waals surface area contributed by atoms with E-state index in [9.17, 15) is 0 Å². The molecule has 2 fully saturated rings. The van der Waals surface area contributed by atoms with Gasteiger partial charge in [-0.1, -0.05) is 6.07 Å². The van der Waals surface area contributed by atoms with E-state index < -0.39 is 0 Å². The van der Waals surface area contributed by atoms with Gasteiger partial charge in [0.25, 0.3) is 0 Å². The highest BCUT2D eigenvalue weighted by Gasteiger charge is 2.47. The molecule has 1 aromatic carbocycles. The van der Waals surface area contributed by atoms with E-state index >= 15 is 0 Å². The lowest BCUT2D eigenvalue weighted by Gasteiger charge is -2.22. The summed E-state index contributed by atoms with van der Waals surface area (Å²) in [5, 5.41) is 0. The SMILES string of the molecule is COc1cc(C2(C(C)N)CC2)ccc1OC1CCOC1. The largest absolute Gasteiger partial charge is 0.493 e. The molecule has 0 bridgehead atoms. The van der Waals surface area contributed by atoms with Crippen LogP contribution >= 0.6 is 0 Å². The molecule has 0 aromatic heterocycles. The third-order valence-electron chi connectivity index (χ3n) is 4.58. The Morgan fingerprint density at radius 2 is 2.15 bits per heavy atom. The normalized spacial score (nSPS) is 25.2. The van der Waals surface area contributed by atoms with E-state index in [0.717, 1.165) is 37.4 Å². The average Bonchev–Trinajstić information content (AvgIpc) is 3.12. The van der Waals surface area contributed by atoms with E-state index in [-0.39, 0.29) is 17.6 Å². The molecule has 4 heteroatoms. The molecule has 1 aromatic rings. The Labute approximate surface area is 120 Å². The topological polar surface area (TPSA) is 53.7 Å². The predicted octanol–water partition coefficient (Wildman–Crippen LogP) is 2.24. The van der Waals surface area contributed by atoms with E-state index in [0.29, 0.717) is 6.61 Å². The van der Waals surface area contributed by atoms with Crippen molar-refractivity contribution in [1.29, 1.82) is 0 Å². The number of rotatable bonds is 5. The van der Waals surface area contributed by atoms with Crippen LogP contribution in [-0.2, 0) is 10.2 Å². The Kier molecular flexibility index (Phi) is 3.61. The molecule has 2 unspecified atom stereocenters. The van der Waals surface area contributed by atoms with Gasteiger partial charge in [0.15, 0.2) is 11.5 Å². The molecule has 1 aliphatic heterocycles. The van der Waals surface area contributed by atoms with Gasteiger partial charge in [-0.15, -0.1) is 0 Å². The van der Waals surface area contributed by atoms with Crippen LogP contribution in [0.5, 0.6) is 11.5 Å². The molecule has 2 N–H and O–H groups in total. The first-order chi connectivity index (χ1) is 9.65. The minimum absolute atomic E-state index is 0.137. The van der Waals surface area contributed by atoms with Crippen LogP contribution in [-0.4, -0.2) is 32.5 Å². The van der Waals surface area contributed by atoms with Gasteiger partial charge in [0.2, 0.25) is 0 Å². The number of nitrogens with two attached hydrogens (primary N) is 1. The zero-order valence-electron chi connectivity index (χ0n) is 12.2. The molecular weight excluding hydrogens is 254 g/mol. The van der Waals surface area contributed by atoms with Crippen LogP contribution in [0.3, 0.4) is 0 Å². The second kappa shape index (κ2) is 5.26. The van der Waals surface area contributed by atoms with E-state index in [1.165, 1.54) is 5.56 Å². The lowest BCUT2D eigenvalue weighted by Crippen LogP contribution is -2.31. The second-order valence-corrected chi connectivity index (χ2v) is 5.91. The molecule has 0 amide bonds. The summed E-state index contributed by atoms with van der Waals surface area (Å²) >= 11 is 0. The minimum Gasteiger partial charge on any atom is -0.493 e. The lowest BCUT2D eigenvalue weighted by molar-refractivity contribution is 0.138. The summed E-state index contributed by atoms with van der Waals surface area (Å²) in [7, 11) is 1.68. The van der Waals surface area contributed by atoms with Gasteiger partial charge < -0.3 is 19.9 Å². The maximum absolute atomic E-state index is 6.14. The summed E-state index contributed by atoms with van der Waals surface area (Å²) in [6.07, 6.45) is 3.39. The molecule has 3 rings (SSSR count). The van der Waals surface area contributed by atoms with Crippen LogP contribution in [0.1, 0.15) is 31.7 Å². The maximum Gasteiger partial charge on any atom is 0.161 e. The van der Waals surface area contributed by atoms with E-state index in [2.05, 4.69) is 19.1 Å². The summed E-state index contributed by atoms with van der Waals surface area (Å²) in [6, 6.07) is 6.39. The first kappa shape index (κ1) is 13.7. The number of hydrogen-bond donors (Lipinski definition) is 1. The van der Waals surface area contributed by atoms with E-state index in [1.54, 1.807) is 7.11 Å². The van der Waals surface area contributed by atoms with Crippen LogP contribution in [0, 0.1) is 0 Å². The number of ether oxygens (including phenoxy) is 3. The smallest absolute Gasteiger partial charge is 0.161 e. The highest BCUT2D eigenvalue weighted by Crippen LogP contribution is 2.51. The Hall–Kier alpha value is -1.26. The summed E-state index contributed by atoms with van der Waals surface area (Å²) in [5.74, 6) is 1.59. The molecular formula is C16H23NO3. The minimum atomic E-state index is 0.137. The Balaban J connectivity index is 1.82. The van der Waals surface area contributed by atoms with Gasteiger partial charge in [-0.3, -0.25) is 0 Å². The van der Waals surface area contributed by atoms with Crippen molar-refractivity contribution in [2.45, 2.75) is 43.7 Å². The van der Waals surface area contributed by atoms with Crippen molar-refractivity contribution in [1.82, 2.24) is 0 Å². The Morgan fingerprint density at radius 3 is 2.70 bits per heavy atom. The standard InChI is InChI=1S/C16H23NO3/c1-11(17)16(6-7-16)12-3-4-14(15(9-12)18-2)20-13-5-8-19-10-13/h3-4,9,11,13H,5-8,10,17H2,1-2H3. The van der Waals surface area contributed by atoms with Crippen LogP contribution in [0.25, 0.3) is 0 Å². The Morgan fingerprint density at radius 1 is 1.35 bits per heavy atom. The molecule has 0 radical (unpaired) electrons. The molecule has 1 saturated heterocycles. The molecule has 1 saturated carbocycles. The first-order valence-corrected chi connectivity index (χ1v) is 7.34. The number of benzene rings is 1. The van der Waals surface area contributed by atoms with Crippen molar-refractivity contribution >= 4 is 0 Å². The predicted molar refractivity (Wildman–Crippen MR) is 77.4 cm³/mol. The third-order valence-corrected chi connectivity index (χ3v) is 4.58. The zero-order valence-corrected chi connectivity index (χ0v) is 12.2. The second-order valence-electron chi connectivity index (χ2n) is 5.91. The highest BCUT2D eigenvalue weighted by molar-refractivity contribution is 5.47. The molecule has 0 spiro atoms. The quantitative estimate of drug-likeness (QED) is 0.897. The van der Waals surface area contributed by atoms with Gasteiger partial charge in [-0.2, -0.15) is 0 Å². The average molecular weight is 277 g/mol. The van der Waals surface area contributed by atoms with Gasteiger partial charge in [0.1, 0.15) is 6.10 Å². The monoisotopic (exact) mass is 277 g/mol. The summed E-state index contributed by atoms with van der Waals surface area (Å²) in [6.45, 7) is 3.52. The van der Waals surface area contributed by atoms with Gasteiger partial charge in [0, 0.05) is 17.9 Å². The summed E-state index contributed by atoms with van der Waals surface area (Å²) in [4.78, 5) is 0. The van der Waals surface area contributed by atoms with Crippen LogP contribution < -0.4 is 15.2 Å². The van der Waals surface area contributed by atoms with Crippen molar-refractivity contribution in [3.05, 3.63) is 23.8 Å². The fourth-order valence-electron chi connectivity index (χ4n) is 3.00. The van der Waals surface area contributed by atoms with E-state index in [1.807, 2.05) is 6.07 Å². The number of hydrogen-bond acceptors (Lipinski definition) is 4. The van der Waals surface area contributed by atoms with Crippen LogP contribution in [0.15, 0.2) is 18.2 Å². The fraction of sp³-hybridized carbons (Fsp3) is 0.625. The summed E-state index contributed by atoms with van der Waals surface area (Å²) in [5.41, 5.74) is 7.54. The molecule has 110 valence electrons. The van der Waals surface area contributed by atoms with Gasteiger partial charge in [-0.25, -0.2) is 0 Å². The van der Waals surface area contributed by atoms with Crippen molar-refractivity contribution < 1.29 is 14.2 Å². The number of methoxy groups -OCH3 is 1. The van der Waals surface area contributed by atoms with Gasteiger partial charge in [0.05, 0.1) is 20.3 Å². The van der Waals surface area contributed by atoms with Crippen molar-refractivity contribution in [3.8, 4) is 11.5 Å². The van der Waals surface area contributed by atoms with Crippen LogP contribution in [0.2, 0.25) is 0 Å². The first-order valence-electron chi connectivity index (χ1n) is 7.34. The van der Waals surface area contributed by atoms with E-state index in [4.69, 9.17) is 19.9 Å². The lowest BCUT2D eigenvalue weighted by atomic mass is 9.89.